The van der Waals surface area contributed by atoms with E-state index in [4.69, 9.17) is 0 Å². The third-order valence-corrected chi connectivity index (χ3v) is 2.70. The summed E-state index contributed by atoms with van der Waals surface area (Å²) >= 11 is 6.49. The number of rotatable bonds is 1. The van der Waals surface area contributed by atoms with Gasteiger partial charge in [-0.1, -0.05) is 0 Å². The van der Waals surface area contributed by atoms with Crippen molar-refractivity contribution in [3.8, 4) is 0 Å². The normalized spacial score (nSPS) is 10.4. The van der Waals surface area contributed by atoms with Gasteiger partial charge in [0.05, 0.1) is 5.52 Å². The highest BCUT2D eigenvalue weighted by atomic mass is 79.9. The van der Waals surface area contributed by atoms with Crippen molar-refractivity contribution < 1.29 is 4.79 Å². The van der Waals surface area contributed by atoms with Crippen molar-refractivity contribution in [1.29, 1.82) is 0 Å². The first-order chi connectivity index (χ1) is 6.70. The van der Waals surface area contributed by atoms with Gasteiger partial charge in [0.2, 0.25) is 6.29 Å². The lowest BCUT2D eigenvalue weighted by molar-refractivity contribution is 0.563. The van der Waals surface area contributed by atoms with Crippen LogP contribution in [-0.4, -0.2) is 16.3 Å². The van der Waals surface area contributed by atoms with Gasteiger partial charge < -0.3 is 0 Å². The molecular weight excluding hydrogens is 312 g/mol. The first-order valence-electron chi connectivity index (χ1n) is 3.71. The molecule has 0 aliphatic rings. The Morgan fingerprint density at radius 1 is 1.21 bits per heavy atom. The van der Waals surface area contributed by atoms with Gasteiger partial charge in [0.15, 0.2) is 4.73 Å². The molecule has 0 saturated heterocycles. The molecule has 3 nitrogen and oxygen atoms in total. The average Bonchev–Trinajstić information content (AvgIpc) is 2.17. The standard InChI is InChI=1S/C9H3Br2N2O/c10-8-6-3-5(4-14)1-2-7(6)12-9(11)13-8/h1-3H. The zero-order valence-electron chi connectivity index (χ0n) is 6.79. The first-order valence-corrected chi connectivity index (χ1v) is 5.30. The molecule has 2 rings (SSSR count). The van der Waals surface area contributed by atoms with Crippen LogP contribution < -0.4 is 0 Å². The second-order valence-corrected chi connectivity index (χ2v) is 4.08. The van der Waals surface area contributed by atoms with Crippen LogP contribution in [0.5, 0.6) is 0 Å². The summed E-state index contributed by atoms with van der Waals surface area (Å²) in [4.78, 5) is 18.7. The highest BCUT2D eigenvalue weighted by Crippen LogP contribution is 2.23. The zero-order valence-corrected chi connectivity index (χ0v) is 9.96. The monoisotopic (exact) mass is 313 g/mol. The molecule has 1 aromatic carbocycles. The van der Waals surface area contributed by atoms with Crippen LogP contribution in [0.3, 0.4) is 0 Å². The molecule has 0 bridgehead atoms. The lowest BCUT2D eigenvalue weighted by Crippen LogP contribution is -1.89. The Morgan fingerprint density at radius 3 is 2.71 bits per heavy atom. The molecule has 1 aromatic heterocycles. The summed E-state index contributed by atoms with van der Waals surface area (Å²) in [6, 6.07) is 5.12. The summed E-state index contributed by atoms with van der Waals surface area (Å²) in [7, 11) is 0. The first kappa shape index (κ1) is 9.73. The summed E-state index contributed by atoms with van der Waals surface area (Å²) in [5.41, 5.74) is 1.27. The Balaban J connectivity index is 2.81. The number of halogens is 2. The van der Waals surface area contributed by atoms with Crippen molar-refractivity contribution in [3.63, 3.8) is 0 Å². The smallest absolute Gasteiger partial charge is 0.233 e. The van der Waals surface area contributed by atoms with Crippen LogP contribution in [0.2, 0.25) is 0 Å². The van der Waals surface area contributed by atoms with Crippen molar-refractivity contribution >= 4 is 49.0 Å². The van der Waals surface area contributed by atoms with Gasteiger partial charge in [-0.25, -0.2) is 9.97 Å². The van der Waals surface area contributed by atoms with Crippen molar-refractivity contribution in [2.24, 2.45) is 0 Å². The maximum atomic E-state index is 10.4. The lowest BCUT2D eigenvalue weighted by Gasteiger charge is -2.00. The minimum absolute atomic E-state index is 0.490. The van der Waals surface area contributed by atoms with Gasteiger partial charge in [-0.05, 0) is 50.1 Å². The van der Waals surface area contributed by atoms with Gasteiger partial charge in [0, 0.05) is 10.9 Å². The second-order valence-electron chi connectivity index (χ2n) is 2.62. The molecule has 5 heteroatoms. The molecule has 2 aromatic rings. The molecule has 1 radical (unpaired) electrons. The topological polar surface area (TPSA) is 42.9 Å². The number of fused-ring (bicyclic) bond motifs is 1. The fourth-order valence-corrected chi connectivity index (χ4v) is 2.22. The Kier molecular flexibility index (Phi) is 2.60. The summed E-state index contributed by atoms with van der Waals surface area (Å²) in [5.74, 6) is 0. The molecule has 0 N–H and O–H groups in total. The molecule has 1 heterocycles. The number of hydrogen-bond donors (Lipinski definition) is 0. The second kappa shape index (κ2) is 3.74. The van der Waals surface area contributed by atoms with E-state index in [1.165, 1.54) is 0 Å². The fraction of sp³-hybridized carbons (Fsp3) is 0. The van der Waals surface area contributed by atoms with E-state index < -0.39 is 0 Å². The maximum absolute atomic E-state index is 10.4. The minimum atomic E-state index is 0.490. The summed E-state index contributed by atoms with van der Waals surface area (Å²) in [6.07, 6.45) is 1.82. The van der Waals surface area contributed by atoms with Gasteiger partial charge in [0.1, 0.15) is 4.60 Å². The number of carbonyl (C=O) groups excluding carboxylic acids is 1. The van der Waals surface area contributed by atoms with Gasteiger partial charge >= 0.3 is 0 Å². The molecular formula is C9H3Br2N2O. The van der Waals surface area contributed by atoms with E-state index in [1.807, 2.05) is 6.29 Å². The molecule has 0 atom stereocenters. The summed E-state index contributed by atoms with van der Waals surface area (Å²) in [6.45, 7) is 0. The Hall–Kier alpha value is -0.810. The van der Waals surface area contributed by atoms with Crippen LogP contribution in [0, 0.1) is 0 Å². The molecule has 0 unspecified atom stereocenters. The number of aromatic nitrogens is 2. The van der Waals surface area contributed by atoms with Crippen LogP contribution in [0.4, 0.5) is 0 Å². The Morgan fingerprint density at radius 2 is 2.00 bits per heavy atom. The molecule has 0 amide bonds. The van der Waals surface area contributed by atoms with Crippen LogP contribution in [0.1, 0.15) is 5.56 Å². The molecule has 0 aliphatic heterocycles. The highest BCUT2D eigenvalue weighted by Gasteiger charge is 2.04. The van der Waals surface area contributed by atoms with E-state index in [1.54, 1.807) is 18.2 Å². The van der Waals surface area contributed by atoms with E-state index in [0.29, 0.717) is 14.9 Å². The Bertz CT molecular complexity index is 513. The highest BCUT2D eigenvalue weighted by molar-refractivity contribution is 9.11. The van der Waals surface area contributed by atoms with Crippen molar-refractivity contribution in [2.75, 3.05) is 0 Å². The van der Waals surface area contributed by atoms with Crippen LogP contribution in [-0.2, 0) is 4.79 Å². The van der Waals surface area contributed by atoms with Crippen molar-refractivity contribution in [2.45, 2.75) is 0 Å². The summed E-state index contributed by atoms with van der Waals surface area (Å²) < 4.78 is 1.17. The summed E-state index contributed by atoms with van der Waals surface area (Å²) in [5, 5.41) is 0.800. The van der Waals surface area contributed by atoms with Crippen molar-refractivity contribution in [1.82, 2.24) is 9.97 Å². The molecule has 14 heavy (non-hydrogen) atoms. The van der Waals surface area contributed by atoms with Crippen LogP contribution in [0.15, 0.2) is 27.5 Å². The van der Waals surface area contributed by atoms with E-state index >= 15 is 0 Å². The zero-order chi connectivity index (χ0) is 10.1. The van der Waals surface area contributed by atoms with Gasteiger partial charge in [-0.3, -0.25) is 4.79 Å². The quantitative estimate of drug-likeness (QED) is 0.600. The fourth-order valence-electron chi connectivity index (χ4n) is 1.13. The molecule has 69 valence electrons. The van der Waals surface area contributed by atoms with Gasteiger partial charge in [0.25, 0.3) is 0 Å². The lowest BCUT2D eigenvalue weighted by atomic mass is 10.2. The third-order valence-electron chi connectivity index (χ3n) is 1.74. The largest absolute Gasteiger partial charge is 0.285 e. The SMILES string of the molecule is O=[C]c1ccc2nc(Br)nc(Br)c2c1. The van der Waals surface area contributed by atoms with Crippen LogP contribution in [0.25, 0.3) is 10.9 Å². The number of hydrogen-bond acceptors (Lipinski definition) is 3. The molecule has 0 aliphatic carbocycles. The molecule has 0 fully saturated rings. The van der Waals surface area contributed by atoms with E-state index in [-0.39, 0.29) is 0 Å². The van der Waals surface area contributed by atoms with E-state index in [9.17, 15) is 4.79 Å². The average molecular weight is 315 g/mol. The van der Waals surface area contributed by atoms with Crippen LogP contribution >= 0.6 is 31.9 Å². The van der Waals surface area contributed by atoms with E-state index in [0.717, 1.165) is 10.9 Å². The Labute approximate surface area is 96.8 Å². The number of nitrogens with zero attached hydrogens (tertiary/aromatic N) is 2. The van der Waals surface area contributed by atoms with Gasteiger partial charge in [-0.2, -0.15) is 0 Å². The van der Waals surface area contributed by atoms with Crippen molar-refractivity contribution in [3.05, 3.63) is 33.1 Å². The van der Waals surface area contributed by atoms with E-state index in [2.05, 4.69) is 41.8 Å². The number of benzene rings is 1. The predicted molar refractivity (Wildman–Crippen MR) is 59.7 cm³/mol. The molecule has 0 spiro atoms. The van der Waals surface area contributed by atoms with Gasteiger partial charge in [-0.15, -0.1) is 0 Å². The molecule has 0 saturated carbocycles. The predicted octanol–water partition coefficient (Wildman–Crippen LogP) is 2.61. The third kappa shape index (κ3) is 1.69. The maximum Gasteiger partial charge on any atom is 0.233 e. The minimum Gasteiger partial charge on any atom is -0.285 e.